The standard InChI is InChI=1S/C12H8Cl4/c13-10-4-3-8(6-11(10)14)9-2-1-5-12(15,16)7-9/h1-6H,7H2. The zero-order chi connectivity index (χ0) is 11.8. The average Bonchev–Trinajstić information content (AvgIpc) is 2.20. The lowest BCUT2D eigenvalue weighted by molar-refractivity contribution is 0.978. The zero-order valence-corrected chi connectivity index (χ0v) is 11.2. The molecule has 4 heteroatoms. The fourth-order valence-corrected chi connectivity index (χ4v) is 2.30. The van der Waals surface area contributed by atoms with Crippen molar-refractivity contribution in [1.29, 1.82) is 0 Å². The summed E-state index contributed by atoms with van der Waals surface area (Å²) >= 11 is 24.0. The van der Waals surface area contributed by atoms with Gasteiger partial charge in [0.05, 0.1) is 10.0 Å². The molecule has 2 rings (SSSR count). The fourth-order valence-electron chi connectivity index (χ4n) is 1.57. The second-order valence-electron chi connectivity index (χ2n) is 3.62. The SMILES string of the molecule is Clc1ccc(C2=CC=CC(Cl)(Cl)C2)cc1Cl. The van der Waals surface area contributed by atoms with E-state index in [0.717, 1.165) is 11.1 Å². The number of benzene rings is 1. The molecule has 0 atom stereocenters. The van der Waals surface area contributed by atoms with Gasteiger partial charge >= 0.3 is 0 Å². The molecular weight excluding hydrogens is 286 g/mol. The molecule has 0 heterocycles. The van der Waals surface area contributed by atoms with Gasteiger partial charge in [0.25, 0.3) is 0 Å². The van der Waals surface area contributed by atoms with Crippen LogP contribution in [0, 0.1) is 0 Å². The molecule has 0 bridgehead atoms. The molecule has 0 saturated carbocycles. The summed E-state index contributed by atoms with van der Waals surface area (Å²) in [7, 11) is 0. The minimum atomic E-state index is -0.837. The number of hydrogen-bond acceptors (Lipinski definition) is 0. The molecule has 0 saturated heterocycles. The molecule has 84 valence electrons. The Balaban J connectivity index is 2.35. The molecule has 0 N–H and O–H groups in total. The van der Waals surface area contributed by atoms with Crippen molar-refractivity contribution in [2.45, 2.75) is 10.8 Å². The van der Waals surface area contributed by atoms with Crippen molar-refractivity contribution >= 4 is 52.0 Å². The first-order chi connectivity index (χ1) is 7.48. The summed E-state index contributed by atoms with van der Waals surface area (Å²) in [5, 5.41) is 1.07. The van der Waals surface area contributed by atoms with E-state index in [-0.39, 0.29) is 0 Å². The van der Waals surface area contributed by atoms with Crippen LogP contribution in [0.5, 0.6) is 0 Å². The van der Waals surface area contributed by atoms with Gasteiger partial charge < -0.3 is 0 Å². The molecule has 16 heavy (non-hydrogen) atoms. The van der Waals surface area contributed by atoms with Gasteiger partial charge in [-0.1, -0.05) is 64.6 Å². The third-order valence-electron chi connectivity index (χ3n) is 2.35. The molecule has 0 aromatic heterocycles. The Kier molecular flexibility index (Phi) is 3.56. The quantitative estimate of drug-likeness (QED) is 0.599. The van der Waals surface area contributed by atoms with Crippen LogP contribution in [0.3, 0.4) is 0 Å². The van der Waals surface area contributed by atoms with Crippen LogP contribution in [0.25, 0.3) is 5.57 Å². The van der Waals surface area contributed by atoms with Crippen LogP contribution in [0.1, 0.15) is 12.0 Å². The minimum absolute atomic E-state index is 0.532. The van der Waals surface area contributed by atoms with Crippen LogP contribution < -0.4 is 0 Å². The molecule has 1 aromatic rings. The van der Waals surface area contributed by atoms with E-state index in [0.29, 0.717) is 16.5 Å². The predicted molar refractivity (Wildman–Crippen MR) is 72.6 cm³/mol. The van der Waals surface area contributed by atoms with Gasteiger partial charge in [0.15, 0.2) is 0 Å². The predicted octanol–water partition coefficient (Wildman–Crippen LogP) is 5.51. The fraction of sp³-hybridized carbons (Fsp3) is 0.167. The van der Waals surface area contributed by atoms with Crippen LogP contribution in [-0.2, 0) is 0 Å². The Labute approximate surface area is 114 Å². The molecule has 1 aromatic carbocycles. The van der Waals surface area contributed by atoms with E-state index in [9.17, 15) is 0 Å². The first-order valence-corrected chi connectivity index (χ1v) is 6.21. The normalized spacial score (nSPS) is 18.4. The van der Waals surface area contributed by atoms with Crippen LogP contribution in [0.4, 0.5) is 0 Å². The monoisotopic (exact) mass is 292 g/mol. The molecule has 0 spiro atoms. The number of rotatable bonds is 1. The highest BCUT2D eigenvalue weighted by atomic mass is 35.5. The number of allylic oxidation sites excluding steroid dienone is 4. The van der Waals surface area contributed by atoms with Crippen molar-refractivity contribution in [3.05, 3.63) is 52.0 Å². The molecule has 0 unspecified atom stereocenters. The van der Waals surface area contributed by atoms with Gasteiger partial charge in [0, 0.05) is 6.42 Å². The number of alkyl halides is 2. The van der Waals surface area contributed by atoms with E-state index in [1.54, 1.807) is 12.1 Å². The van der Waals surface area contributed by atoms with Crippen molar-refractivity contribution in [2.75, 3.05) is 0 Å². The van der Waals surface area contributed by atoms with E-state index in [1.807, 2.05) is 24.3 Å². The van der Waals surface area contributed by atoms with Crippen LogP contribution in [0.2, 0.25) is 10.0 Å². The van der Waals surface area contributed by atoms with Crippen molar-refractivity contribution in [2.24, 2.45) is 0 Å². The summed E-state index contributed by atoms with van der Waals surface area (Å²) in [5.41, 5.74) is 2.04. The largest absolute Gasteiger partial charge is 0.140 e. The Morgan fingerprint density at radius 3 is 2.44 bits per heavy atom. The second-order valence-corrected chi connectivity index (χ2v) is 5.97. The van der Waals surface area contributed by atoms with E-state index in [2.05, 4.69) is 0 Å². The third kappa shape index (κ3) is 2.75. The smallest absolute Gasteiger partial charge is 0.0966 e. The summed E-state index contributed by atoms with van der Waals surface area (Å²) in [5.74, 6) is 0. The summed E-state index contributed by atoms with van der Waals surface area (Å²) < 4.78 is -0.837. The van der Waals surface area contributed by atoms with E-state index < -0.39 is 4.33 Å². The highest BCUT2D eigenvalue weighted by Crippen LogP contribution is 2.38. The lowest BCUT2D eigenvalue weighted by Crippen LogP contribution is -2.11. The summed E-state index contributed by atoms with van der Waals surface area (Å²) in [6, 6.07) is 5.49. The van der Waals surface area contributed by atoms with E-state index >= 15 is 0 Å². The van der Waals surface area contributed by atoms with Gasteiger partial charge in [-0.3, -0.25) is 0 Å². The summed E-state index contributed by atoms with van der Waals surface area (Å²) in [6.07, 6.45) is 6.14. The van der Waals surface area contributed by atoms with Gasteiger partial charge in [-0.2, -0.15) is 0 Å². The van der Waals surface area contributed by atoms with E-state index in [4.69, 9.17) is 46.4 Å². The van der Waals surface area contributed by atoms with Crippen LogP contribution in [-0.4, -0.2) is 4.33 Å². The maximum Gasteiger partial charge on any atom is 0.140 e. The third-order valence-corrected chi connectivity index (χ3v) is 3.61. The Hall–Kier alpha value is -0.140. The van der Waals surface area contributed by atoms with E-state index in [1.165, 1.54) is 0 Å². The van der Waals surface area contributed by atoms with Crippen molar-refractivity contribution in [3.63, 3.8) is 0 Å². The topological polar surface area (TPSA) is 0 Å². The summed E-state index contributed by atoms with van der Waals surface area (Å²) in [4.78, 5) is 0. The maximum absolute atomic E-state index is 6.07. The molecule has 0 aliphatic heterocycles. The number of hydrogen-bond donors (Lipinski definition) is 0. The molecule has 1 aliphatic rings. The molecule has 0 radical (unpaired) electrons. The first kappa shape index (κ1) is 12.3. The summed E-state index contributed by atoms with van der Waals surface area (Å²) in [6.45, 7) is 0. The highest BCUT2D eigenvalue weighted by molar-refractivity contribution is 6.50. The molecule has 0 amide bonds. The Bertz CT molecular complexity index is 472. The second kappa shape index (κ2) is 4.62. The Morgan fingerprint density at radius 1 is 1.06 bits per heavy atom. The van der Waals surface area contributed by atoms with Crippen LogP contribution in [0.15, 0.2) is 36.4 Å². The van der Waals surface area contributed by atoms with Gasteiger partial charge in [0.2, 0.25) is 0 Å². The average molecular weight is 294 g/mol. The van der Waals surface area contributed by atoms with Crippen LogP contribution >= 0.6 is 46.4 Å². The lowest BCUT2D eigenvalue weighted by atomic mass is 9.97. The number of halogens is 4. The molecular formula is C12H8Cl4. The van der Waals surface area contributed by atoms with Crippen molar-refractivity contribution in [1.82, 2.24) is 0 Å². The highest BCUT2D eigenvalue weighted by Gasteiger charge is 2.24. The minimum Gasteiger partial charge on any atom is -0.0966 e. The maximum atomic E-state index is 6.07. The first-order valence-electron chi connectivity index (χ1n) is 4.70. The van der Waals surface area contributed by atoms with Crippen molar-refractivity contribution < 1.29 is 0 Å². The molecule has 0 fully saturated rings. The zero-order valence-electron chi connectivity index (χ0n) is 8.18. The molecule has 0 nitrogen and oxygen atoms in total. The van der Waals surface area contributed by atoms with Gasteiger partial charge in [-0.15, -0.1) is 0 Å². The van der Waals surface area contributed by atoms with Gasteiger partial charge in [-0.05, 0) is 29.3 Å². The molecule has 1 aliphatic carbocycles. The van der Waals surface area contributed by atoms with Gasteiger partial charge in [0.1, 0.15) is 4.33 Å². The van der Waals surface area contributed by atoms with Gasteiger partial charge in [-0.25, -0.2) is 0 Å². The van der Waals surface area contributed by atoms with Crippen molar-refractivity contribution in [3.8, 4) is 0 Å². The lowest BCUT2D eigenvalue weighted by Gasteiger charge is -2.20. The Morgan fingerprint density at radius 2 is 1.81 bits per heavy atom.